The van der Waals surface area contributed by atoms with Gasteiger partial charge in [-0.1, -0.05) is 48.0 Å². The number of amides is 1. The van der Waals surface area contributed by atoms with Gasteiger partial charge in [-0.3, -0.25) is 4.79 Å². The number of benzene rings is 2. The Morgan fingerprint density at radius 2 is 1.91 bits per heavy atom. The molecule has 114 valence electrons. The van der Waals surface area contributed by atoms with E-state index in [0.29, 0.717) is 17.5 Å². The molecule has 2 aromatic carbocycles. The molecule has 2 N–H and O–H groups in total. The van der Waals surface area contributed by atoms with Crippen molar-refractivity contribution in [2.75, 3.05) is 0 Å². The van der Waals surface area contributed by atoms with Crippen LogP contribution in [-0.4, -0.2) is 11.0 Å². The van der Waals surface area contributed by atoms with Gasteiger partial charge in [0.05, 0.1) is 6.61 Å². The summed E-state index contributed by atoms with van der Waals surface area (Å²) in [6, 6.07) is 15.3. The van der Waals surface area contributed by atoms with Crippen LogP contribution < -0.4 is 5.32 Å². The lowest BCUT2D eigenvalue weighted by Crippen LogP contribution is -2.24. The summed E-state index contributed by atoms with van der Waals surface area (Å²) in [5, 5.41) is 12.8. The van der Waals surface area contributed by atoms with Crippen molar-refractivity contribution in [3.63, 3.8) is 0 Å². The fraction of sp³-hybridized carbons (Fsp3) is 0.278. The van der Waals surface area contributed by atoms with Crippen molar-refractivity contribution in [1.82, 2.24) is 5.32 Å². The maximum Gasteiger partial charge on any atom is 0.224 e. The lowest BCUT2D eigenvalue weighted by Gasteiger charge is -2.06. The highest BCUT2D eigenvalue weighted by atomic mass is 35.5. The molecule has 0 heterocycles. The van der Waals surface area contributed by atoms with Crippen LogP contribution in [-0.2, 0) is 17.9 Å². The number of aliphatic hydroxyl groups is 1. The predicted molar refractivity (Wildman–Crippen MR) is 86.5 cm³/mol. The molecule has 0 saturated heterocycles. The zero-order chi connectivity index (χ0) is 15.5. The molecule has 2 atom stereocenters. The van der Waals surface area contributed by atoms with E-state index in [2.05, 4.69) is 5.32 Å². The summed E-state index contributed by atoms with van der Waals surface area (Å²) < 4.78 is 0. The number of rotatable bonds is 5. The number of carbonyl (C=O) groups excluding carboxylic acids is 1. The minimum absolute atomic E-state index is 0.0169. The quantitative estimate of drug-likeness (QED) is 0.890. The van der Waals surface area contributed by atoms with Gasteiger partial charge in [0.1, 0.15) is 0 Å². The SMILES string of the molecule is O=C(NCc1cccc(CO)c1)[C@H]1C[C@@H]1c1ccc(Cl)cc1. The number of aliphatic hydroxyl groups excluding tert-OH is 1. The lowest BCUT2D eigenvalue weighted by molar-refractivity contribution is -0.122. The van der Waals surface area contributed by atoms with Crippen molar-refractivity contribution in [2.24, 2.45) is 5.92 Å². The molecule has 22 heavy (non-hydrogen) atoms. The average molecular weight is 316 g/mol. The second-order valence-electron chi connectivity index (χ2n) is 5.70. The van der Waals surface area contributed by atoms with E-state index in [1.807, 2.05) is 48.5 Å². The summed E-state index contributed by atoms with van der Waals surface area (Å²) in [7, 11) is 0. The standard InChI is InChI=1S/C18H18ClNO2/c19-15-6-4-14(5-7-15)16-9-17(16)18(22)20-10-12-2-1-3-13(8-12)11-21/h1-8,16-17,21H,9-11H2,(H,20,22)/t16-,17+/m1/s1. The molecule has 4 heteroatoms. The first-order valence-electron chi connectivity index (χ1n) is 7.39. The Labute approximate surface area is 134 Å². The average Bonchev–Trinajstić information content (AvgIpc) is 3.34. The summed E-state index contributed by atoms with van der Waals surface area (Å²) in [5.74, 6) is 0.456. The van der Waals surface area contributed by atoms with Crippen molar-refractivity contribution in [3.8, 4) is 0 Å². The van der Waals surface area contributed by atoms with Gasteiger partial charge >= 0.3 is 0 Å². The van der Waals surface area contributed by atoms with E-state index in [9.17, 15) is 4.79 Å². The summed E-state index contributed by atoms with van der Waals surface area (Å²) >= 11 is 5.88. The Balaban J connectivity index is 1.54. The molecule has 1 saturated carbocycles. The van der Waals surface area contributed by atoms with Crippen LogP contribution in [0.3, 0.4) is 0 Å². The second-order valence-corrected chi connectivity index (χ2v) is 6.13. The van der Waals surface area contributed by atoms with Gasteiger partial charge in [0, 0.05) is 17.5 Å². The highest BCUT2D eigenvalue weighted by molar-refractivity contribution is 6.30. The van der Waals surface area contributed by atoms with Crippen LogP contribution in [0.1, 0.15) is 29.0 Å². The fourth-order valence-electron chi connectivity index (χ4n) is 2.72. The molecule has 1 amide bonds. The maximum atomic E-state index is 12.2. The third-order valence-corrected chi connectivity index (χ3v) is 4.32. The van der Waals surface area contributed by atoms with Crippen molar-refractivity contribution in [3.05, 3.63) is 70.2 Å². The van der Waals surface area contributed by atoms with Gasteiger partial charge < -0.3 is 10.4 Å². The molecule has 0 aromatic heterocycles. The van der Waals surface area contributed by atoms with Gasteiger partial charge in [0.25, 0.3) is 0 Å². The topological polar surface area (TPSA) is 49.3 Å². The molecule has 0 aliphatic heterocycles. The molecule has 1 fully saturated rings. The monoisotopic (exact) mass is 315 g/mol. The molecule has 3 rings (SSSR count). The number of halogens is 1. The number of hydrogen-bond donors (Lipinski definition) is 2. The molecule has 0 radical (unpaired) electrons. The predicted octanol–water partition coefficient (Wildman–Crippen LogP) is 3.25. The first kappa shape index (κ1) is 15.1. The van der Waals surface area contributed by atoms with E-state index in [1.54, 1.807) is 0 Å². The third kappa shape index (κ3) is 3.49. The number of nitrogens with one attached hydrogen (secondary N) is 1. The van der Waals surface area contributed by atoms with Crippen LogP contribution in [0.15, 0.2) is 48.5 Å². The second kappa shape index (κ2) is 6.51. The van der Waals surface area contributed by atoms with Gasteiger partial charge in [0.15, 0.2) is 0 Å². The molecular weight excluding hydrogens is 298 g/mol. The smallest absolute Gasteiger partial charge is 0.224 e. The number of carbonyl (C=O) groups is 1. The first-order chi connectivity index (χ1) is 10.7. The normalized spacial score (nSPS) is 19.7. The molecule has 0 bridgehead atoms. The summed E-state index contributed by atoms with van der Waals surface area (Å²) in [6.45, 7) is 0.513. The summed E-state index contributed by atoms with van der Waals surface area (Å²) in [5.41, 5.74) is 3.03. The van der Waals surface area contributed by atoms with E-state index in [-0.39, 0.29) is 18.4 Å². The molecule has 0 unspecified atom stereocenters. The molecular formula is C18H18ClNO2. The molecule has 2 aromatic rings. The van der Waals surface area contributed by atoms with Crippen molar-refractivity contribution in [1.29, 1.82) is 0 Å². The summed E-state index contributed by atoms with van der Waals surface area (Å²) in [6.07, 6.45) is 0.893. The van der Waals surface area contributed by atoms with E-state index in [0.717, 1.165) is 17.5 Å². The minimum atomic E-state index is 0.0169. The van der Waals surface area contributed by atoms with E-state index < -0.39 is 0 Å². The van der Waals surface area contributed by atoms with Crippen LogP contribution in [0.25, 0.3) is 0 Å². The summed E-state index contributed by atoms with van der Waals surface area (Å²) in [4.78, 5) is 12.2. The van der Waals surface area contributed by atoms with Crippen LogP contribution in [0.4, 0.5) is 0 Å². The highest BCUT2D eigenvalue weighted by Crippen LogP contribution is 2.47. The van der Waals surface area contributed by atoms with Gasteiger partial charge in [-0.15, -0.1) is 0 Å². The molecule has 0 spiro atoms. The minimum Gasteiger partial charge on any atom is -0.392 e. The Kier molecular flexibility index (Phi) is 4.46. The lowest BCUT2D eigenvalue weighted by atomic mass is 10.1. The van der Waals surface area contributed by atoms with Crippen molar-refractivity contribution < 1.29 is 9.90 Å². The van der Waals surface area contributed by atoms with Gasteiger partial charge in [-0.2, -0.15) is 0 Å². The number of hydrogen-bond acceptors (Lipinski definition) is 2. The zero-order valence-electron chi connectivity index (χ0n) is 12.1. The third-order valence-electron chi connectivity index (χ3n) is 4.07. The first-order valence-corrected chi connectivity index (χ1v) is 7.77. The maximum absolute atomic E-state index is 12.2. The van der Waals surface area contributed by atoms with Crippen LogP contribution in [0.2, 0.25) is 5.02 Å². The van der Waals surface area contributed by atoms with Crippen molar-refractivity contribution >= 4 is 17.5 Å². The molecule has 1 aliphatic rings. The highest BCUT2D eigenvalue weighted by Gasteiger charge is 2.43. The van der Waals surface area contributed by atoms with E-state index >= 15 is 0 Å². The van der Waals surface area contributed by atoms with E-state index in [1.165, 1.54) is 5.56 Å². The molecule has 1 aliphatic carbocycles. The largest absolute Gasteiger partial charge is 0.392 e. The zero-order valence-corrected chi connectivity index (χ0v) is 12.9. The van der Waals surface area contributed by atoms with Gasteiger partial charge in [0.2, 0.25) is 5.91 Å². The van der Waals surface area contributed by atoms with Crippen LogP contribution >= 0.6 is 11.6 Å². The van der Waals surface area contributed by atoms with Crippen LogP contribution in [0.5, 0.6) is 0 Å². The Bertz CT molecular complexity index is 669. The Hall–Kier alpha value is -1.84. The van der Waals surface area contributed by atoms with E-state index in [4.69, 9.17) is 16.7 Å². The Morgan fingerprint density at radius 1 is 1.18 bits per heavy atom. The fourth-order valence-corrected chi connectivity index (χ4v) is 2.85. The van der Waals surface area contributed by atoms with Crippen LogP contribution in [0, 0.1) is 5.92 Å². The Morgan fingerprint density at radius 3 is 2.64 bits per heavy atom. The van der Waals surface area contributed by atoms with Gasteiger partial charge in [-0.05, 0) is 41.2 Å². The van der Waals surface area contributed by atoms with Crippen molar-refractivity contribution in [2.45, 2.75) is 25.5 Å². The van der Waals surface area contributed by atoms with Gasteiger partial charge in [-0.25, -0.2) is 0 Å². The molecule has 3 nitrogen and oxygen atoms in total.